The second kappa shape index (κ2) is 12.2. The van der Waals surface area contributed by atoms with Crippen LogP contribution >= 0.6 is 22.9 Å². The molecule has 2 amide bonds. The first-order chi connectivity index (χ1) is 18.2. The molecule has 1 aromatic heterocycles. The van der Waals surface area contributed by atoms with Crippen LogP contribution in [0.15, 0.2) is 48.7 Å². The zero-order chi connectivity index (χ0) is 27.2. The molecule has 4 rings (SSSR count). The van der Waals surface area contributed by atoms with Crippen molar-refractivity contribution in [3.8, 4) is 16.2 Å². The van der Waals surface area contributed by atoms with E-state index < -0.39 is 11.0 Å². The molecule has 0 atom stereocenters. The summed E-state index contributed by atoms with van der Waals surface area (Å²) in [4.78, 5) is 39.8. The molecule has 0 radical (unpaired) electrons. The molecule has 0 spiro atoms. The van der Waals surface area contributed by atoms with Crippen LogP contribution in [-0.4, -0.2) is 34.2 Å². The normalized spacial score (nSPS) is 17.1. The average Bonchev–Trinajstić information content (AvgIpc) is 3.34. The number of non-ortho nitro benzene ring substituents is 1. The SMILES string of the molecule is CC(C)OC(=O)NC1CCC(c2ncc(-c3ccc(NC(=O)Oc4ccc([N+](=O)[O-])cc4)cc3Cl)s2)CC1. The van der Waals surface area contributed by atoms with Gasteiger partial charge in [-0.1, -0.05) is 11.6 Å². The second-order valence-electron chi connectivity index (χ2n) is 9.17. The Morgan fingerprint density at radius 2 is 1.82 bits per heavy atom. The van der Waals surface area contributed by atoms with Crippen molar-refractivity contribution in [2.24, 2.45) is 0 Å². The number of nitrogens with zero attached hydrogens (tertiary/aromatic N) is 2. The molecular weight excluding hydrogens is 532 g/mol. The fourth-order valence-corrected chi connectivity index (χ4v) is 5.64. The zero-order valence-electron chi connectivity index (χ0n) is 20.8. The minimum absolute atomic E-state index is 0.0975. The van der Waals surface area contributed by atoms with Crippen LogP contribution in [0.2, 0.25) is 5.02 Å². The van der Waals surface area contributed by atoms with Crippen molar-refractivity contribution in [3.05, 3.63) is 68.8 Å². The average molecular weight is 559 g/mol. The molecule has 2 N–H and O–H groups in total. The number of aromatic nitrogens is 1. The van der Waals surface area contributed by atoms with E-state index in [2.05, 4.69) is 15.6 Å². The van der Waals surface area contributed by atoms with E-state index in [0.29, 0.717) is 16.6 Å². The van der Waals surface area contributed by atoms with Gasteiger partial charge in [0.15, 0.2) is 0 Å². The number of carbonyl (C=O) groups is 2. The molecule has 1 heterocycles. The van der Waals surface area contributed by atoms with Crippen LogP contribution in [0.3, 0.4) is 0 Å². The van der Waals surface area contributed by atoms with Crippen LogP contribution in [0.4, 0.5) is 21.0 Å². The minimum Gasteiger partial charge on any atom is -0.447 e. The molecule has 12 heteroatoms. The van der Waals surface area contributed by atoms with Crippen LogP contribution in [0, 0.1) is 10.1 Å². The zero-order valence-corrected chi connectivity index (χ0v) is 22.4. The number of hydrogen-bond acceptors (Lipinski definition) is 8. The van der Waals surface area contributed by atoms with Gasteiger partial charge in [0.2, 0.25) is 0 Å². The maximum absolute atomic E-state index is 12.2. The van der Waals surface area contributed by atoms with Gasteiger partial charge in [0.05, 0.1) is 25.9 Å². The van der Waals surface area contributed by atoms with E-state index in [-0.39, 0.29) is 29.7 Å². The quantitative estimate of drug-likeness (QED) is 0.232. The van der Waals surface area contributed by atoms with Gasteiger partial charge in [0.1, 0.15) is 5.75 Å². The lowest BCUT2D eigenvalue weighted by Crippen LogP contribution is -2.38. The Kier molecular flexibility index (Phi) is 8.80. The maximum Gasteiger partial charge on any atom is 0.417 e. The summed E-state index contributed by atoms with van der Waals surface area (Å²) in [6, 6.07) is 10.5. The van der Waals surface area contributed by atoms with E-state index in [1.807, 2.05) is 26.1 Å². The van der Waals surface area contributed by atoms with Crippen molar-refractivity contribution in [1.82, 2.24) is 10.3 Å². The van der Waals surface area contributed by atoms with E-state index in [9.17, 15) is 19.7 Å². The standard InChI is InChI=1S/C26H27ClN4O6S/c1-15(2)36-25(32)29-17-5-3-16(4-6-17)24-28-14-23(38-24)21-12-7-18(13-22(21)27)30-26(33)37-20-10-8-19(9-11-20)31(34)35/h7-17H,3-6H2,1-2H3,(H,29,32)(H,30,33). The van der Waals surface area contributed by atoms with Gasteiger partial charge in [-0.3, -0.25) is 15.4 Å². The largest absolute Gasteiger partial charge is 0.447 e. The first kappa shape index (κ1) is 27.3. The number of ether oxygens (including phenoxy) is 2. The number of rotatable bonds is 7. The van der Waals surface area contributed by atoms with Gasteiger partial charge in [0, 0.05) is 41.5 Å². The number of hydrogen-bond donors (Lipinski definition) is 2. The number of carbonyl (C=O) groups excluding carboxylic acids is 2. The highest BCUT2D eigenvalue weighted by Crippen LogP contribution is 2.40. The first-order valence-corrected chi connectivity index (χ1v) is 13.3. The van der Waals surface area contributed by atoms with Gasteiger partial charge < -0.3 is 14.8 Å². The summed E-state index contributed by atoms with van der Waals surface area (Å²) in [7, 11) is 0. The Morgan fingerprint density at radius 1 is 1.11 bits per heavy atom. The summed E-state index contributed by atoms with van der Waals surface area (Å²) in [6.45, 7) is 3.65. The smallest absolute Gasteiger partial charge is 0.417 e. The lowest BCUT2D eigenvalue weighted by molar-refractivity contribution is -0.384. The van der Waals surface area contributed by atoms with E-state index >= 15 is 0 Å². The highest BCUT2D eigenvalue weighted by Gasteiger charge is 2.26. The van der Waals surface area contributed by atoms with Crippen LogP contribution in [0.5, 0.6) is 5.75 Å². The fraction of sp³-hybridized carbons (Fsp3) is 0.346. The molecule has 0 aliphatic heterocycles. The number of thiazole rings is 1. The highest BCUT2D eigenvalue weighted by molar-refractivity contribution is 7.15. The molecule has 38 heavy (non-hydrogen) atoms. The number of anilines is 1. The van der Waals surface area contributed by atoms with Crippen LogP contribution in [-0.2, 0) is 4.74 Å². The number of nitro benzene ring substituents is 1. The van der Waals surface area contributed by atoms with Gasteiger partial charge >= 0.3 is 12.2 Å². The van der Waals surface area contributed by atoms with Crippen molar-refractivity contribution in [3.63, 3.8) is 0 Å². The molecule has 2 aromatic carbocycles. The van der Waals surface area contributed by atoms with Gasteiger partial charge in [0.25, 0.3) is 5.69 Å². The van der Waals surface area contributed by atoms with Gasteiger partial charge in [-0.25, -0.2) is 14.6 Å². The van der Waals surface area contributed by atoms with E-state index in [1.165, 1.54) is 24.3 Å². The fourth-order valence-electron chi connectivity index (χ4n) is 4.18. The summed E-state index contributed by atoms with van der Waals surface area (Å²) >= 11 is 8.11. The van der Waals surface area contributed by atoms with Crippen molar-refractivity contribution in [2.75, 3.05) is 5.32 Å². The lowest BCUT2D eigenvalue weighted by Gasteiger charge is -2.28. The Balaban J connectivity index is 1.32. The van der Waals surface area contributed by atoms with Gasteiger partial charge in [-0.2, -0.15) is 0 Å². The predicted octanol–water partition coefficient (Wildman–Crippen LogP) is 7.14. The van der Waals surface area contributed by atoms with Gasteiger partial charge in [-0.05, 0) is 69.9 Å². The van der Waals surface area contributed by atoms with Crippen LogP contribution < -0.4 is 15.4 Å². The lowest BCUT2D eigenvalue weighted by atomic mass is 9.86. The first-order valence-electron chi connectivity index (χ1n) is 12.1. The molecule has 0 saturated heterocycles. The third-order valence-corrected chi connectivity index (χ3v) is 7.51. The Bertz CT molecular complexity index is 1310. The molecular formula is C26H27ClN4O6S. The van der Waals surface area contributed by atoms with E-state index in [0.717, 1.165) is 41.1 Å². The maximum atomic E-state index is 12.2. The molecule has 1 aliphatic rings. The summed E-state index contributed by atoms with van der Waals surface area (Å²) < 4.78 is 10.3. The van der Waals surface area contributed by atoms with Gasteiger partial charge in [-0.15, -0.1) is 11.3 Å². The monoisotopic (exact) mass is 558 g/mol. The van der Waals surface area contributed by atoms with Crippen molar-refractivity contribution in [1.29, 1.82) is 0 Å². The molecule has 1 aliphatic carbocycles. The Morgan fingerprint density at radius 3 is 2.45 bits per heavy atom. The molecule has 0 bridgehead atoms. The van der Waals surface area contributed by atoms with Crippen molar-refractivity contribution >= 4 is 46.5 Å². The van der Waals surface area contributed by atoms with Crippen molar-refractivity contribution < 1.29 is 24.0 Å². The minimum atomic E-state index is -0.745. The summed E-state index contributed by atoms with van der Waals surface area (Å²) in [5.74, 6) is 0.495. The molecule has 1 fully saturated rings. The molecule has 1 saturated carbocycles. The summed E-state index contributed by atoms with van der Waals surface area (Å²) in [5.41, 5.74) is 1.15. The number of benzene rings is 2. The van der Waals surface area contributed by atoms with E-state index in [1.54, 1.807) is 23.5 Å². The third kappa shape index (κ3) is 7.20. The number of nitrogens with one attached hydrogen (secondary N) is 2. The summed E-state index contributed by atoms with van der Waals surface area (Å²) in [6.07, 6.45) is 4.13. The topological polar surface area (TPSA) is 133 Å². The molecule has 0 unspecified atom stereocenters. The van der Waals surface area contributed by atoms with Crippen LogP contribution in [0.1, 0.15) is 50.5 Å². The third-order valence-electron chi connectivity index (χ3n) is 6.00. The number of amides is 2. The predicted molar refractivity (Wildman–Crippen MR) is 145 cm³/mol. The van der Waals surface area contributed by atoms with Crippen LogP contribution in [0.25, 0.3) is 10.4 Å². The Hall–Kier alpha value is -3.70. The molecule has 200 valence electrons. The number of halogens is 1. The summed E-state index contributed by atoms with van der Waals surface area (Å²) in [5, 5.41) is 17.8. The van der Waals surface area contributed by atoms with Crippen molar-refractivity contribution in [2.45, 2.75) is 57.6 Å². The van der Waals surface area contributed by atoms with E-state index in [4.69, 9.17) is 21.1 Å². The second-order valence-corrected chi connectivity index (χ2v) is 10.6. The number of alkyl carbamates (subject to hydrolysis) is 1. The highest BCUT2D eigenvalue weighted by atomic mass is 35.5. The number of nitro groups is 1. The molecule has 10 nitrogen and oxygen atoms in total. The Labute approximate surface area is 228 Å². The molecule has 3 aromatic rings.